The summed E-state index contributed by atoms with van der Waals surface area (Å²) in [6, 6.07) is 21.7. The fraction of sp³-hybridized carbons (Fsp3) is 0.0952. The van der Waals surface area contributed by atoms with Gasteiger partial charge in [-0.3, -0.25) is 4.98 Å². The predicted molar refractivity (Wildman–Crippen MR) is 102 cm³/mol. The number of nitrogens with zero attached hydrogens (tertiary/aromatic N) is 3. The summed E-state index contributed by atoms with van der Waals surface area (Å²) in [5.41, 5.74) is 4.46. The van der Waals surface area contributed by atoms with Gasteiger partial charge in [-0.25, -0.2) is 0 Å². The fourth-order valence-electron chi connectivity index (χ4n) is 2.92. The summed E-state index contributed by atoms with van der Waals surface area (Å²) >= 11 is 0. The van der Waals surface area contributed by atoms with Gasteiger partial charge in [0.15, 0.2) is 5.82 Å². The van der Waals surface area contributed by atoms with Gasteiger partial charge in [-0.2, -0.15) is 0 Å². The van der Waals surface area contributed by atoms with Gasteiger partial charge in [0.2, 0.25) is 0 Å². The molecule has 5 heteroatoms. The lowest BCUT2D eigenvalue weighted by Gasteiger charge is -2.11. The topological polar surface area (TPSA) is 70.9 Å². The van der Waals surface area contributed by atoms with E-state index in [2.05, 4.69) is 32.6 Å². The molecule has 0 radical (unpaired) electrons. The quantitative estimate of drug-likeness (QED) is 0.577. The van der Waals surface area contributed by atoms with Crippen LogP contribution in [0.1, 0.15) is 11.1 Å². The normalized spacial score (nSPS) is 10.8. The van der Waals surface area contributed by atoms with Crippen LogP contribution in [0.3, 0.4) is 0 Å². The third-order valence-corrected chi connectivity index (χ3v) is 4.22. The van der Waals surface area contributed by atoms with Gasteiger partial charge in [0.05, 0.1) is 6.61 Å². The predicted octanol–water partition coefficient (Wildman–Crippen LogP) is 3.80. The third kappa shape index (κ3) is 3.25. The lowest BCUT2D eigenvalue weighted by molar-refractivity contribution is 0.282. The van der Waals surface area contributed by atoms with Gasteiger partial charge in [0, 0.05) is 23.7 Å². The molecule has 2 aromatic carbocycles. The first-order valence-corrected chi connectivity index (χ1v) is 8.44. The molecule has 0 spiro atoms. The van der Waals surface area contributed by atoms with Crippen LogP contribution in [0.4, 0.5) is 5.82 Å². The molecule has 26 heavy (non-hydrogen) atoms. The van der Waals surface area contributed by atoms with Crippen molar-refractivity contribution in [1.29, 1.82) is 0 Å². The number of fused-ring (bicyclic) bond motifs is 1. The van der Waals surface area contributed by atoms with Gasteiger partial charge < -0.3 is 10.4 Å². The first-order valence-electron chi connectivity index (χ1n) is 8.44. The summed E-state index contributed by atoms with van der Waals surface area (Å²) < 4.78 is 0. The molecule has 0 aliphatic rings. The minimum Gasteiger partial charge on any atom is -0.392 e. The number of pyridine rings is 1. The third-order valence-electron chi connectivity index (χ3n) is 4.22. The lowest BCUT2D eigenvalue weighted by Crippen LogP contribution is -2.05. The van der Waals surface area contributed by atoms with Crippen molar-refractivity contribution in [2.24, 2.45) is 0 Å². The minimum absolute atomic E-state index is 0.00579. The second-order valence-corrected chi connectivity index (χ2v) is 5.99. The summed E-state index contributed by atoms with van der Waals surface area (Å²) in [6.45, 7) is 0.648. The Labute approximate surface area is 151 Å². The number of aliphatic hydroxyl groups excluding tert-OH is 1. The standard InChI is InChI=1S/C21H18N4O/c26-14-16-8-4-9-17(12-16)19-18-10-5-11-22-20(18)21(25-24-19)23-13-15-6-2-1-3-7-15/h1-12,26H,13-14H2,(H,23,25). The Balaban J connectivity index is 1.73. The van der Waals surface area contributed by atoms with Crippen LogP contribution in [0.15, 0.2) is 72.9 Å². The highest BCUT2D eigenvalue weighted by molar-refractivity contribution is 5.97. The van der Waals surface area contributed by atoms with Gasteiger partial charge in [0.1, 0.15) is 11.2 Å². The van der Waals surface area contributed by atoms with E-state index in [1.807, 2.05) is 54.6 Å². The van der Waals surface area contributed by atoms with E-state index >= 15 is 0 Å². The molecule has 0 amide bonds. The average molecular weight is 342 g/mol. The monoisotopic (exact) mass is 342 g/mol. The number of rotatable bonds is 5. The Hall–Kier alpha value is -3.31. The van der Waals surface area contributed by atoms with E-state index in [-0.39, 0.29) is 6.61 Å². The number of aliphatic hydroxyl groups is 1. The Kier molecular flexibility index (Phi) is 4.53. The van der Waals surface area contributed by atoms with Crippen molar-refractivity contribution in [1.82, 2.24) is 15.2 Å². The van der Waals surface area contributed by atoms with Crippen LogP contribution >= 0.6 is 0 Å². The van der Waals surface area contributed by atoms with E-state index in [9.17, 15) is 5.11 Å². The van der Waals surface area contributed by atoms with Gasteiger partial charge >= 0.3 is 0 Å². The molecule has 4 rings (SSSR count). The van der Waals surface area contributed by atoms with Crippen LogP contribution in [-0.2, 0) is 13.2 Å². The number of benzene rings is 2. The number of anilines is 1. The number of nitrogens with one attached hydrogen (secondary N) is 1. The molecule has 2 N–H and O–H groups in total. The largest absolute Gasteiger partial charge is 0.392 e. The van der Waals surface area contributed by atoms with Crippen molar-refractivity contribution < 1.29 is 5.11 Å². The maximum atomic E-state index is 9.39. The Morgan fingerprint density at radius 1 is 0.846 bits per heavy atom. The van der Waals surface area contributed by atoms with E-state index < -0.39 is 0 Å². The fourth-order valence-corrected chi connectivity index (χ4v) is 2.92. The van der Waals surface area contributed by atoms with Crippen molar-refractivity contribution in [3.63, 3.8) is 0 Å². The summed E-state index contributed by atoms with van der Waals surface area (Å²) in [5, 5.41) is 22.4. The van der Waals surface area contributed by atoms with Crippen molar-refractivity contribution in [3.8, 4) is 11.3 Å². The highest BCUT2D eigenvalue weighted by atomic mass is 16.3. The Morgan fingerprint density at radius 2 is 1.69 bits per heavy atom. The zero-order valence-electron chi connectivity index (χ0n) is 14.1. The van der Waals surface area contributed by atoms with E-state index in [4.69, 9.17) is 0 Å². The second-order valence-electron chi connectivity index (χ2n) is 5.99. The van der Waals surface area contributed by atoms with Gasteiger partial charge in [0.25, 0.3) is 0 Å². The maximum absolute atomic E-state index is 9.39. The molecule has 0 bridgehead atoms. The minimum atomic E-state index is -0.00579. The van der Waals surface area contributed by atoms with Crippen LogP contribution in [0.25, 0.3) is 22.2 Å². The SMILES string of the molecule is OCc1cccc(-c2nnc(NCc3ccccc3)c3ncccc23)c1. The zero-order chi connectivity index (χ0) is 17.8. The molecule has 0 saturated carbocycles. The van der Waals surface area contributed by atoms with Crippen LogP contribution in [0.2, 0.25) is 0 Å². The van der Waals surface area contributed by atoms with E-state index in [0.717, 1.165) is 33.3 Å². The molecule has 0 fully saturated rings. The molecular formula is C21H18N4O. The molecule has 128 valence electrons. The van der Waals surface area contributed by atoms with Gasteiger partial charge in [-0.1, -0.05) is 48.5 Å². The molecule has 2 heterocycles. The van der Waals surface area contributed by atoms with Crippen LogP contribution in [0, 0.1) is 0 Å². The summed E-state index contributed by atoms with van der Waals surface area (Å²) in [5.74, 6) is 0.659. The highest BCUT2D eigenvalue weighted by Crippen LogP contribution is 2.29. The number of aromatic nitrogens is 3. The molecule has 0 aliphatic heterocycles. The molecule has 0 aliphatic carbocycles. The molecule has 4 aromatic rings. The Bertz CT molecular complexity index is 1030. The van der Waals surface area contributed by atoms with Crippen LogP contribution < -0.4 is 5.32 Å². The molecule has 0 atom stereocenters. The van der Waals surface area contributed by atoms with Crippen molar-refractivity contribution >= 4 is 16.7 Å². The second kappa shape index (κ2) is 7.29. The van der Waals surface area contributed by atoms with E-state index in [0.29, 0.717) is 12.4 Å². The number of hydrogen-bond acceptors (Lipinski definition) is 5. The Morgan fingerprint density at radius 3 is 2.54 bits per heavy atom. The van der Waals surface area contributed by atoms with E-state index in [1.54, 1.807) is 6.20 Å². The van der Waals surface area contributed by atoms with Gasteiger partial charge in [-0.05, 0) is 29.3 Å². The van der Waals surface area contributed by atoms with Crippen molar-refractivity contribution in [2.75, 3.05) is 5.32 Å². The highest BCUT2D eigenvalue weighted by Gasteiger charge is 2.12. The number of hydrogen-bond donors (Lipinski definition) is 2. The molecule has 0 unspecified atom stereocenters. The maximum Gasteiger partial charge on any atom is 0.175 e. The molecular weight excluding hydrogens is 324 g/mol. The van der Waals surface area contributed by atoms with Crippen LogP contribution in [-0.4, -0.2) is 20.3 Å². The van der Waals surface area contributed by atoms with Gasteiger partial charge in [-0.15, -0.1) is 10.2 Å². The molecule has 5 nitrogen and oxygen atoms in total. The summed E-state index contributed by atoms with van der Waals surface area (Å²) in [6.07, 6.45) is 1.76. The van der Waals surface area contributed by atoms with Crippen molar-refractivity contribution in [3.05, 3.63) is 84.1 Å². The van der Waals surface area contributed by atoms with Crippen molar-refractivity contribution in [2.45, 2.75) is 13.2 Å². The lowest BCUT2D eigenvalue weighted by atomic mass is 10.0. The van der Waals surface area contributed by atoms with Crippen LogP contribution in [0.5, 0.6) is 0 Å². The molecule has 0 saturated heterocycles. The first-order chi connectivity index (χ1) is 12.8. The molecule has 2 aromatic heterocycles. The summed E-state index contributed by atoms with van der Waals surface area (Å²) in [4.78, 5) is 4.51. The average Bonchev–Trinajstić information content (AvgIpc) is 2.72. The zero-order valence-corrected chi connectivity index (χ0v) is 14.1. The first kappa shape index (κ1) is 16.2. The summed E-state index contributed by atoms with van der Waals surface area (Å²) in [7, 11) is 0. The smallest absolute Gasteiger partial charge is 0.175 e. The van der Waals surface area contributed by atoms with E-state index in [1.165, 1.54) is 0 Å².